The van der Waals surface area contributed by atoms with Crippen molar-refractivity contribution >= 4 is 16.9 Å². The van der Waals surface area contributed by atoms with Crippen LogP contribution in [-0.2, 0) is 6.42 Å². The number of fused-ring (bicyclic) bond motifs is 1. The third-order valence-electron chi connectivity index (χ3n) is 2.43. The minimum Gasteiger partial charge on any atom is -0.477 e. The van der Waals surface area contributed by atoms with Gasteiger partial charge in [-0.3, -0.25) is 0 Å². The monoisotopic (exact) mass is 234 g/mol. The number of benzene rings is 1. The molecule has 88 valence electrons. The summed E-state index contributed by atoms with van der Waals surface area (Å²) in [7, 11) is 0. The molecule has 17 heavy (non-hydrogen) atoms. The lowest BCUT2D eigenvalue weighted by molar-refractivity contribution is 0.0692. The molecule has 1 aromatic heterocycles. The largest absolute Gasteiger partial charge is 0.477 e. The second kappa shape index (κ2) is 4.39. The zero-order chi connectivity index (χ0) is 12.4. The van der Waals surface area contributed by atoms with E-state index in [0.717, 1.165) is 5.56 Å². The van der Waals surface area contributed by atoms with E-state index in [9.17, 15) is 9.59 Å². The molecule has 2 rings (SSSR count). The Bertz CT molecular complexity index is 626. The Hall–Kier alpha value is -2.14. The van der Waals surface area contributed by atoms with Crippen LogP contribution in [-0.4, -0.2) is 22.8 Å². The minimum atomic E-state index is -1.31. The Morgan fingerprint density at radius 1 is 1.29 bits per heavy atom. The fraction of sp³-hybridized carbons (Fsp3) is 0.167. The van der Waals surface area contributed by atoms with Crippen molar-refractivity contribution in [2.75, 3.05) is 6.61 Å². The van der Waals surface area contributed by atoms with Gasteiger partial charge in [0, 0.05) is 12.0 Å². The van der Waals surface area contributed by atoms with Gasteiger partial charge >= 0.3 is 11.6 Å². The van der Waals surface area contributed by atoms with E-state index in [0.29, 0.717) is 17.4 Å². The Balaban J connectivity index is 2.62. The van der Waals surface area contributed by atoms with Crippen LogP contribution in [0.15, 0.2) is 33.5 Å². The molecular formula is C12H10O5. The normalized spacial score (nSPS) is 10.6. The number of hydrogen-bond donors (Lipinski definition) is 2. The molecule has 0 amide bonds. The molecule has 0 aliphatic heterocycles. The predicted octanol–water partition coefficient (Wildman–Crippen LogP) is 1.03. The van der Waals surface area contributed by atoms with Crippen LogP contribution < -0.4 is 5.63 Å². The Labute approximate surface area is 95.9 Å². The summed E-state index contributed by atoms with van der Waals surface area (Å²) in [6.45, 7) is 0.00292. The summed E-state index contributed by atoms with van der Waals surface area (Å²) >= 11 is 0. The van der Waals surface area contributed by atoms with Crippen molar-refractivity contribution in [3.05, 3.63) is 45.8 Å². The van der Waals surface area contributed by atoms with Gasteiger partial charge in [-0.1, -0.05) is 12.1 Å². The van der Waals surface area contributed by atoms with Crippen molar-refractivity contribution in [2.45, 2.75) is 6.42 Å². The molecule has 0 radical (unpaired) electrons. The molecule has 5 heteroatoms. The molecule has 0 atom stereocenters. The maximum atomic E-state index is 11.3. The first-order valence-electron chi connectivity index (χ1n) is 5.03. The molecule has 0 saturated heterocycles. The number of aromatic carboxylic acids is 1. The molecular weight excluding hydrogens is 224 g/mol. The summed E-state index contributed by atoms with van der Waals surface area (Å²) in [4.78, 5) is 22.1. The smallest absolute Gasteiger partial charge is 0.351 e. The lowest BCUT2D eigenvalue weighted by Crippen LogP contribution is -2.12. The average molecular weight is 234 g/mol. The number of aliphatic hydroxyl groups excluding tert-OH is 1. The number of rotatable bonds is 3. The zero-order valence-electron chi connectivity index (χ0n) is 8.84. The van der Waals surface area contributed by atoms with Crippen molar-refractivity contribution in [1.82, 2.24) is 0 Å². The van der Waals surface area contributed by atoms with Crippen molar-refractivity contribution in [3.63, 3.8) is 0 Å². The van der Waals surface area contributed by atoms with Gasteiger partial charge in [-0.15, -0.1) is 0 Å². The van der Waals surface area contributed by atoms with Crippen LogP contribution in [0.1, 0.15) is 15.9 Å². The van der Waals surface area contributed by atoms with Gasteiger partial charge in [-0.2, -0.15) is 0 Å². The highest BCUT2D eigenvalue weighted by atomic mass is 16.4. The highest BCUT2D eigenvalue weighted by Gasteiger charge is 2.11. The van der Waals surface area contributed by atoms with Crippen LogP contribution in [0.2, 0.25) is 0 Å². The Morgan fingerprint density at radius 3 is 2.71 bits per heavy atom. The second-order valence-corrected chi connectivity index (χ2v) is 3.60. The van der Waals surface area contributed by atoms with Gasteiger partial charge in [0.15, 0.2) is 0 Å². The summed E-state index contributed by atoms with van der Waals surface area (Å²) < 4.78 is 4.92. The van der Waals surface area contributed by atoms with Gasteiger partial charge in [0.2, 0.25) is 0 Å². The number of carbonyl (C=O) groups is 1. The fourth-order valence-electron chi connectivity index (χ4n) is 1.59. The molecule has 0 aliphatic rings. The number of hydrogen-bond acceptors (Lipinski definition) is 4. The van der Waals surface area contributed by atoms with E-state index in [-0.39, 0.29) is 12.2 Å². The van der Waals surface area contributed by atoms with Crippen LogP contribution in [0, 0.1) is 0 Å². The van der Waals surface area contributed by atoms with Crippen LogP contribution in [0.5, 0.6) is 0 Å². The molecule has 1 heterocycles. The molecule has 0 fully saturated rings. The number of carboxylic acid groups (broad SMARTS) is 1. The van der Waals surface area contributed by atoms with Gasteiger partial charge in [0.05, 0.1) is 0 Å². The van der Waals surface area contributed by atoms with E-state index in [2.05, 4.69) is 0 Å². The molecule has 0 spiro atoms. The third kappa shape index (κ3) is 2.19. The molecule has 0 bridgehead atoms. The Kier molecular flexibility index (Phi) is 2.93. The summed E-state index contributed by atoms with van der Waals surface area (Å²) in [5.41, 5.74) is -0.101. The zero-order valence-corrected chi connectivity index (χ0v) is 8.84. The lowest BCUT2D eigenvalue weighted by Gasteiger charge is -2.01. The molecule has 0 aliphatic carbocycles. The molecule has 2 aromatic rings. The number of aliphatic hydroxyl groups is 1. The molecule has 0 unspecified atom stereocenters. The first kappa shape index (κ1) is 11.3. The van der Waals surface area contributed by atoms with Gasteiger partial charge in [0.25, 0.3) is 0 Å². The standard InChI is InChI=1S/C12H10O5/c13-4-3-7-1-2-8-6-9(11(14)15)12(16)17-10(8)5-7/h1-2,5-6,13H,3-4H2,(H,14,15). The molecule has 2 N–H and O–H groups in total. The SMILES string of the molecule is O=C(O)c1cc2ccc(CCO)cc2oc1=O. The van der Waals surface area contributed by atoms with Crippen LogP contribution in [0.3, 0.4) is 0 Å². The van der Waals surface area contributed by atoms with E-state index >= 15 is 0 Å². The average Bonchev–Trinajstić information content (AvgIpc) is 2.28. The minimum absolute atomic E-state index is 0.00292. The highest BCUT2D eigenvalue weighted by molar-refractivity contribution is 5.91. The summed E-state index contributed by atoms with van der Waals surface area (Å²) in [5, 5.41) is 18.1. The first-order chi connectivity index (χ1) is 8.11. The van der Waals surface area contributed by atoms with Crippen molar-refractivity contribution in [2.24, 2.45) is 0 Å². The van der Waals surface area contributed by atoms with Gasteiger partial charge in [-0.25, -0.2) is 9.59 Å². The third-order valence-corrected chi connectivity index (χ3v) is 2.43. The first-order valence-corrected chi connectivity index (χ1v) is 5.03. The quantitative estimate of drug-likeness (QED) is 0.774. The van der Waals surface area contributed by atoms with E-state index in [1.807, 2.05) is 0 Å². The van der Waals surface area contributed by atoms with Crippen molar-refractivity contribution in [3.8, 4) is 0 Å². The van der Waals surface area contributed by atoms with Crippen molar-refractivity contribution in [1.29, 1.82) is 0 Å². The van der Waals surface area contributed by atoms with Gasteiger partial charge < -0.3 is 14.6 Å². The van der Waals surface area contributed by atoms with Crippen LogP contribution in [0.25, 0.3) is 11.0 Å². The molecule has 5 nitrogen and oxygen atoms in total. The highest BCUT2D eigenvalue weighted by Crippen LogP contribution is 2.16. The molecule has 0 saturated carbocycles. The topological polar surface area (TPSA) is 87.7 Å². The van der Waals surface area contributed by atoms with E-state index in [4.69, 9.17) is 14.6 Å². The van der Waals surface area contributed by atoms with Gasteiger partial charge in [-0.05, 0) is 24.1 Å². The van der Waals surface area contributed by atoms with Gasteiger partial charge in [0.1, 0.15) is 11.1 Å². The summed E-state index contributed by atoms with van der Waals surface area (Å²) in [6, 6.07) is 6.32. The van der Waals surface area contributed by atoms with E-state index in [1.54, 1.807) is 18.2 Å². The number of carboxylic acids is 1. The van der Waals surface area contributed by atoms with Crippen LogP contribution >= 0.6 is 0 Å². The van der Waals surface area contributed by atoms with Crippen molar-refractivity contribution < 1.29 is 19.4 Å². The fourth-order valence-corrected chi connectivity index (χ4v) is 1.59. The Morgan fingerprint density at radius 2 is 2.06 bits per heavy atom. The predicted molar refractivity (Wildman–Crippen MR) is 60.2 cm³/mol. The lowest BCUT2D eigenvalue weighted by atomic mass is 10.1. The van der Waals surface area contributed by atoms with E-state index < -0.39 is 11.6 Å². The van der Waals surface area contributed by atoms with E-state index in [1.165, 1.54) is 6.07 Å². The second-order valence-electron chi connectivity index (χ2n) is 3.60. The molecule has 1 aromatic carbocycles. The van der Waals surface area contributed by atoms with Crippen LogP contribution in [0.4, 0.5) is 0 Å². The summed E-state index contributed by atoms with van der Waals surface area (Å²) in [5.74, 6) is -1.31. The maximum Gasteiger partial charge on any atom is 0.351 e. The summed E-state index contributed by atoms with van der Waals surface area (Å²) in [6.07, 6.45) is 0.459. The maximum absolute atomic E-state index is 11.3.